The molecule has 1 aromatic heterocycles. The van der Waals surface area contributed by atoms with Gasteiger partial charge in [0.15, 0.2) is 4.80 Å². The van der Waals surface area contributed by atoms with Gasteiger partial charge in [0.25, 0.3) is 0 Å². The molecule has 0 saturated heterocycles. The number of carbonyl (C=O) groups excluding carboxylic acids is 2. The number of rotatable bonds is 7. The van der Waals surface area contributed by atoms with Crippen LogP contribution in [-0.2, 0) is 20.9 Å². The number of thioether (sulfide) groups is 1. The fourth-order valence-electron chi connectivity index (χ4n) is 2.72. The molecule has 29 heavy (non-hydrogen) atoms. The third kappa shape index (κ3) is 5.77. The van der Waals surface area contributed by atoms with Crippen LogP contribution in [0.2, 0.25) is 0 Å². The molecular weight excluding hydrogens is 411 g/mol. The molecule has 0 atom stereocenters. The summed E-state index contributed by atoms with van der Waals surface area (Å²) in [6, 6.07) is 12.2. The van der Waals surface area contributed by atoms with Crippen LogP contribution in [0.5, 0.6) is 0 Å². The summed E-state index contributed by atoms with van der Waals surface area (Å²) in [6.07, 6.45) is 0.963. The average Bonchev–Trinajstić information content (AvgIpc) is 3.02. The van der Waals surface area contributed by atoms with Crippen molar-refractivity contribution in [3.05, 3.63) is 58.6 Å². The second-order valence-corrected chi connectivity index (χ2v) is 8.61. The lowest BCUT2D eigenvalue weighted by Gasteiger charge is -2.04. The number of carbonyl (C=O) groups is 2. The molecule has 8 heteroatoms. The number of methoxy groups -OCH3 is 1. The Morgan fingerprint density at radius 1 is 1.21 bits per heavy atom. The summed E-state index contributed by atoms with van der Waals surface area (Å²) in [7, 11) is 1.34. The molecule has 3 rings (SSSR count). The van der Waals surface area contributed by atoms with E-state index < -0.39 is 5.97 Å². The van der Waals surface area contributed by atoms with Gasteiger partial charge in [-0.05, 0) is 61.1 Å². The molecule has 0 saturated carbocycles. The van der Waals surface area contributed by atoms with Gasteiger partial charge < -0.3 is 9.30 Å². The smallest absolute Gasteiger partial charge is 0.325 e. The van der Waals surface area contributed by atoms with Crippen molar-refractivity contribution in [3.63, 3.8) is 0 Å². The molecule has 0 aliphatic carbocycles. The van der Waals surface area contributed by atoms with Crippen LogP contribution in [0.15, 0.2) is 52.4 Å². The summed E-state index contributed by atoms with van der Waals surface area (Å²) in [5, 5.41) is 0. The van der Waals surface area contributed by atoms with E-state index in [2.05, 4.69) is 4.99 Å². The molecular formula is C21H21FN2O3S2. The van der Waals surface area contributed by atoms with E-state index in [0.717, 1.165) is 26.4 Å². The topological polar surface area (TPSA) is 60.7 Å². The number of thiazole rings is 1. The van der Waals surface area contributed by atoms with E-state index in [0.29, 0.717) is 17.6 Å². The number of aromatic nitrogens is 1. The highest BCUT2D eigenvalue weighted by molar-refractivity contribution is 7.99. The van der Waals surface area contributed by atoms with Crippen molar-refractivity contribution >= 4 is 45.2 Å². The number of aryl methyl sites for hydroxylation is 1. The first kappa shape index (κ1) is 21.3. The number of halogens is 1. The van der Waals surface area contributed by atoms with E-state index in [1.807, 2.05) is 25.1 Å². The number of hydrogen-bond acceptors (Lipinski definition) is 5. The summed E-state index contributed by atoms with van der Waals surface area (Å²) in [4.78, 5) is 29.9. The Morgan fingerprint density at radius 2 is 1.97 bits per heavy atom. The van der Waals surface area contributed by atoms with Gasteiger partial charge in [-0.15, -0.1) is 11.8 Å². The number of ether oxygens (including phenoxy) is 1. The van der Waals surface area contributed by atoms with E-state index in [4.69, 9.17) is 4.74 Å². The largest absolute Gasteiger partial charge is 0.468 e. The molecule has 0 spiro atoms. The van der Waals surface area contributed by atoms with Gasteiger partial charge in [-0.1, -0.05) is 17.4 Å². The Labute approximate surface area is 176 Å². The summed E-state index contributed by atoms with van der Waals surface area (Å²) in [5.74, 6) is -0.149. The highest BCUT2D eigenvalue weighted by Crippen LogP contribution is 2.20. The first-order chi connectivity index (χ1) is 14.0. The zero-order valence-electron chi connectivity index (χ0n) is 16.2. The van der Waals surface area contributed by atoms with Crippen LogP contribution in [0.3, 0.4) is 0 Å². The van der Waals surface area contributed by atoms with Gasteiger partial charge in [0.05, 0.1) is 17.3 Å². The third-order valence-corrected chi connectivity index (χ3v) is 6.33. The second-order valence-electron chi connectivity index (χ2n) is 6.43. The van der Waals surface area contributed by atoms with Gasteiger partial charge >= 0.3 is 5.97 Å². The molecule has 0 aliphatic rings. The van der Waals surface area contributed by atoms with E-state index in [-0.39, 0.29) is 18.3 Å². The van der Waals surface area contributed by atoms with Crippen molar-refractivity contribution in [3.8, 4) is 0 Å². The number of fused-ring (bicyclic) bond motifs is 1. The van der Waals surface area contributed by atoms with Gasteiger partial charge in [0.2, 0.25) is 5.91 Å². The maximum Gasteiger partial charge on any atom is 0.325 e. The van der Waals surface area contributed by atoms with E-state index >= 15 is 0 Å². The Hall–Kier alpha value is -2.45. The fraction of sp³-hybridized carbons (Fsp3) is 0.286. The van der Waals surface area contributed by atoms with Crippen LogP contribution in [-0.4, -0.2) is 29.3 Å². The predicted molar refractivity (Wildman–Crippen MR) is 113 cm³/mol. The fourth-order valence-corrected chi connectivity index (χ4v) is 4.72. The molecule has 1 heterocycles. The van der Waals surface area contributed by atoms with E-state index in [1.54, 1.807) is 28.5 Å². The maximum atomic E-state index is 12.9. The molecule has 152 valence electrons. The zero-order chi connectivity index (χ0) is 20.8. The van der Waals surface area contributed by atoms with Crippen molar-refractivity contribution in [2.24, 2.45) is 4.99 Å². The van der Waals surface area contributed by atoms with E-state index in [1.165, 1.54) is 30.6 Å². The zero-order valence-corrected chi connectivity index (χ0v) is 17.8. The lowest BCUT2D eigenvalue weighted by Crippen LogP contribution is -2.22. The molecule has 0 unspecified atom stereocenters. The van der Waals surface area contributed by atoms with Gasteiger partial charge in [-0.2, -0.15) is 4.99 Å². The Bertz CT molecular complexity index is 1090. The Morgan fingerprint density at radius 3 is 2.69 bits per heavy atom. The number of hydrogen-bond donors (Lipinski definition) is 0. The van der Waals surface area contributed by atoms with Gasteiger partial charge in [0, 0.05) is 11.3 Å². The van der Waals surface area contributed by atoms with Crippen molar-refractivity contribution in [2.75, 3.05) is 12.9 Å². The molecule has 0 radical (unpaired) electrons. The first-order valence-electron chi connectivity index (χ1n) is 9.09. The number of benzene rings is 2. The van der Waals surface area contributed by atoms with Crippen LogP contribution < -0.4 is 4.80 Å². The van der Waals surface area contributed by atoms with E-state index in [9.17, 15) is 14.0 Å². The van der Waals surface area contributed by atoms with Crippen molar-refractivity contribution in [1.29, 1.82) is 0 Å². The van der Waals surface area contributed by atoms with Crippen molar-refractivity contribution < 1.29 is 18.7 Å². The molecule has 1 amide bonds. The highest BCUT2D eigenvalue weighted by Gasteiger charge is 2.12. The maximum absolute atomic E-state index is 12.9. The molecule has 0 N–H and O–H groups in total. The Kier molecular flexibility index (Phi) is 7.22. The SMILES string of the molecule is COC(=O)Cn1c(=NC(=O)CCCSc2ccc(F)cc2)sc2cc(C)ccc21. The minimum absolute atomic E-state index is 0.00604. The highest BCUT2D eigenvalue weighted by atomic mass is 32.2. The number of nitrogens with zero attached hydrogens (tertiary/aromatic N) is 2. The lowest BCUT2D eigenvalue weighted by molar-refractivity contribution is -0.141. The molecule has 2 aromatic carbocycles. The number of esters is 1. The van der Waals surface area contributed by atoms with Crippen LogP contribution >= 0.6 is 23.1 Å². The molecule has 0 aliphatic heterocycles. The second kappa shape index (κ2) is 9.84. The molecule has 0 bridgehead atoms. The summed E-state index contributed by atoms with van der Waals surface area (Å²) in [5.41, 5.74) is 1.95. The lowest BCUT2D eigenvalue weighted by atomic mass is 10.2. The van der Waals surface area contributed by atoms with Crippen LogP contribution in [0, 0.1) is 12.7 Å². The van der Waals surface area contributed by atoms with Crippen LogP contribution in [0.4, 0.5) is 4.39 Å². The standard InChI is InChI=1S/C21H21FN2O3S2/c1-14-5-10-17-18(12-14)29-21(24(17)13-20(26)27-2)23-19(25)4-3-11-28-16-8-6-15(22)7-9-16/h5-10,12H,3-4,11,13H2,1-2H3. The summed E-state index contributed by atoms with van der Waals surface area (Å²) < 4.78 is 20.4. The van der Waals surface area contributed by atoms with Crippen LogP contribution in [0.25, 0.3) is 10.2 Å². The number of amides is 1. The molecule has 0 fully saturated rings. The normalized spacial score (nSPS) is 11.8. The summed E-state index contributed by atoms with van der Waals surface area (Å²) >= 11 is 2.96. The molecule has 5 nitrogen and oxygen atoms in total. The Balaban J connectivity index is 1.70. The average molecular weight is 433 g/mol. The predicted octanol–water partition coefficient (Wildman–Crippen LogP) is 4.32. The monoisotopic (exact) mass is 432 g/mol. The minimum Gasteiger partial charge on any atom is -0.468 e. The van der Waals surface area contributed by atoms with Gasteiger partial charge in [-0.25, -0.2) is 4.39 Å². The first-order valence-corrected chi connectivity index (χ1v) is 10.9. The summed E-state index contributed by atoms with van der Waals surface area (Å²) in [6.45, 7) is 2.00. The van der Waals surface area contributed by atoms with Crippen molar-refractivity contribution in [1.82, 2.24) is 4.57 Å². The molecule has 3 aromatic rings. The van der Waals surface area contributed by atoms with Crippen molar-refractivity contribution in [2.45, 2.75) is 31.2 Å². The van der Waals surface area contributed by atoms with Crippen LogP contribution in [0.1, 0.15) is 18.4 Å². The quantitative estimate of drug-likeness (QED) is 0.317. The third-order valence-electron chi connectivity index (χ3n) is 4.19. The minimum atomic E-state index is -0.394. The van der Waals surface area contributed by atoms with Gasteiger partial charge in [0.1, 0.15) is 12.4 Å². The van der Waals surface area contributed by atoms with Gasteiger partial charge in [-0.3, -0.25) is 9.59 Å².